The Labute approximate surface area is 164 Å². The van der Waals surface area contributed by atoms with Crippen molar-refractivity contribution in [3.05, 3.63) is 54.6 Å². The van der Waals surface area contributed by atoms with E-state index in [9.17, 15) is 0 Å². The maximum absolute atomic E-state index is 5.44. The summed E-state index contributed by atoms with van der Waals surface area (Å²) in [6.07, 6.45) is 0. The van der Waals surface area contributed by atoms with E-state index in [1.807, 2.05) is 54.6 Å². The maximum Gasteiger partial charge on any atom is 0.229 e. The third kappa shape index (κ3) is 4.89. The van der Waals surface area contributed by atoms with Crippen LogP contribution in [0.25, 0.3) is 11.3 Å². The molecule has 146 valence electrons. The second kappa shape index (κ2) is 9.57. The van der Waals surface area contributed by atoms with Crippen molar-refractivity contribution < 1.29 is 14.2 Å². The van der Waals surface area contributed by atoms with E-state index in [-0.39, 0.29) is 0 Å². The number of benzene rings is 2. The van der Waals surface area contributed by atoms with Gasteiger partial charge in [0.15, 0.2) is 0 Å². The Morgan fingerprint density at radius 1 is 0.893 bits per heavy atom. The van der Waals surface area contributed by atoms with E-state index in [2.05, 4.69) is 20.6 Å². The van der Waals surface area contributed by atoms with Gasteiger partial charge in [-0.2, -0.15) is 4.98 Å². The van der Waals surface area contributed by atoms with Crippen LogP contribution < -0.4 is 20.1 Å². The fraction of sp³-hybridized carbons (Fsp3) is 0.238. The van der Waals surface area contributed by atoms with Gasteiger partial charge in [-0.1, -0.05) is 30.3 Å². The number of hydrogen-bond acceptors (Lipinski definition) is 7. The van der Waals surface area contributed by atoms with Crippen molar-refractivity contribution in [1.82, 2.24) is 9.97 Å². The van der Waals surface area contributed by atoms with Gasteiger partial charge in [0.25, 0.3) is 0 Å². The van der Waals surface area contributed by atoms with E-state index in [1.54, 1.807) is 21.3 Å². The molecule has 1 aromatic heterocycles. The van der Waals surface area contributed by atoms with Crippen molar-refractivity contribution in [2.75, 3.05) is 45.1 Å². The number of rotatable bonds is 9. The first-order valence-corrected chi connectivity index (χ1v) is 8.90. The molecule has 2 N–H and O–H groups in total. The lowest BCUT2D eigenvalue weighted by Gasteiger charge is -2.14. The van der Waals surface area contributed by atoms with Gasteiger partial charge < -0.3 is 24.8 Å². The second-order valence-electron chi connectivity index (χ2n) is 5.94. The average Bonchev–Trinajstić information content (AvgIpc) is 2.74. The molecule has 0 aliphatic carbocycles. The van der Waals surface area contributed by atoms with Crippen LogP contribution in [0.15, 0.2) is 54.6 Å². The fourth-order valence-electron chi connectivity index (χ4n) is 2.66. The van der Waals surface area contributed by atoms with Crippen molar-refractivity contribution in [3.63, 3.8) is 0 Å². The van der Waals surface area contributed by atoms with E-state index in [0.29, 0.717) is 36.4 Å². The Morgan fingerprint density at radius 2 is 1.71 bits per heavy atom. The monoisotopic (exact) mass is 380 g/mol. The summed E-state index contributed by atoms with van der Waals surface area (Å²) in [7, 11) is 4.90. The number of methoxy groups -OCH3 is 3. The van der Waals surface area contributed by atoms with Crippen molar-refractivity contribution in [2.24, 2.45) is 0 Å². The van der Waals surface area contributed by atoms with Crippen LogP contribution in [0.4, 0.5) is 17.5 Å². The molecule has 1 heterocycles. The number of ether oxygens (including phenoxy) is 3. The smallest absolute Gasteiger partial charge is 0.229 e. The number of hydrogen-bond donors (Lipinski definition) is 2. The fourth-order valence-corrected chi connectivity index (χ4v) is 2.66. The van der Waals surface area contributed by atoms with Crippen molar-refractivity contribution in [3.8, 4) is 22.8 Å². The minimum atomic E-state index is 0.452. The van der Waals surface area contributed by atoms with Gasteiger partial charge in [-0.05, 0) is 12.1 Å². The summed E-state index contributed by atoms with van der Waals surface area (Å²) in [5.41, 5.74) is 2.52. The zero-order valence-electron chi connectivity index (χ0n) is 16.2. The first-order valence-electron chi connectivity index (χ1n) is 8.90. The van der Waals surface area contributed by atoms with Gasteiger partial charge in [-0.15, -0.1) is 0 Å². The van der Waals surface area contributed by atoms with Crippen molar-refractivity contribution in [1.29, 1.82) is 0 Å². The van der Waals surface area contributed by atoms with Crippen LogP contribution >= 0.6 is 0 Å². The van der Waals surface area contributed by atoms with Gasteiger partial charge in [0.05, 0.1) is 32.2 Å². The highest BCUT2D eigenvalue weighted by atomic mass is 16.5. The van der Waals surface area contributed by atoms with Gasteiger partial charge >= 0.3 is 0 Å². The SMILES string of the molecule is COCCNc1cc(-c2ccccc2)nc(Nc2cc(OC)ccc2OC)n1. The Kier molecular flexibility index (Phi) is 6.64. The van der Waals surface area contributed by atoms with Crippen LogP contribution in [0.5, 0.6) is 11.5 Å². The molecule has 7 nitrogen and oxygen atoms in total. The van der Waals surface area contributed by atoms with Crippen molar-refractivity contribution >= 4 is 17.5 Å². The highest BCUT2D eigenvalue weighted by Gasteiger charge is 2.11. The zero-order chi connectivity index (χ0) is 19.8. The molecule has 0 aliphatic rings. The lowest BCUT2D eigenvalue weighted by atomic mass is 10.1. The van der Waals surface area contributed by atoms with Crippen molar-refractivity contribution in [2.45, 2.75) is 0 Å². The predicted molar refractivity (Wildman–Crippen MR) is 111 cm³/mol. The molecular weight excluding hydrogens is 356 g/mol. The number of nitrogens with one attached hydrogen (secondary N) is 2. The summed E-state index contributed by atoms with van der Waals surface area (Å²) in [4.78, 5) is 9.24. The quantitative estimate of drug-likeness (QED) is 0.544. The predicted octanol–water partition coefficient (Wildman–Crippen LogP) is 3.96. The number of aromatic nitrogens is 2. The second-order valence-corrected chi connectivity index (χ2v) is 5.94. The normalized spacial score (nSPS) is 10.4. The average molecular weight is 380 g/mol. The molecule has 0 unspecified atom stereocenters. The van der Waals surface area contributed by atoms with Gasteiger partial charge in [0.2, 0.25) is 5.95 Å². The van der Waals surface area contributed by atoms with Crippen LogP contribution in [-0.2, 0) is 4.74 Å². The van der Waals surface area contributed by atoms with Crippen LogP contribution in [0.1, 0.15) is 0 Å². The molecule has 3 rings (SSSR count). The summed E-state index contributed by atoms with van der Waals surface area (Å²) in [6, 6.07) is 17.4. The Balaban J connectivity index is 1.96. The largest absolute Gasteiger partial charge is 0.497 e. The molecule has 0 aliphatic heterocycles. The highest BCUT2D eigenvalue weighted by molar-refractivity contribution is 5.69. The minimum absolute atomic E-state index is 0.452. The Hall–Kier alpha value is -3.32. The first-order chi connectivity index (χ1) is 13.7. The van der Waals surface area contributed by atoms with E-state index in [4.69, 9.17) is 14.2 Å². The summed E-state index contributed by atoms with van der Waals surface area (Å²) in [5, 5.41) is 6.50. The number of nitrogens with zero attached hydrogens (tertiary/aromatic N) is 2. The molecule has 0 radical (unpaired) electrons. The standard InChI is InChI=1S/C21H24N4O3/c1-26-12-11-22-20-14-17(15-7-5-4-6-8-15)23-21(25-20)24-18-13-16(27-2)9-10-19(18)28-3/h4-10,13-14H,11-12H2,1-3H3,(H2,22,23,24,25). The molecular formula is C21H24N4O3. The molecule has 0 saturated carbocycles. The van der Waals surface area contributed by atoms with Crippen LogP contribution in [-0.4, -0.2) is 44.4 Å². The third-order valence-electron chi connectivity index (χ3n) is 4.06. The van der Waals surface area contributed by atoms with E-state index >= 15 is 0 Å². The zero-order valence-corrected chi connectivity index (χ0v) is 16.2. The van der Waals surface area contributed by atoms with E-state index in [0.717, 1.165) is 16.9 Å². The van der Waals surface area contributed by atoms with Crippen LogP contribution in [0, 0.1) is 0 Å². The Morgan fingerprint density at radius 3 is 2.43 bits per heavy atom. The molecule has 0 bridgehead atoms. The maximum atomic E-state index is 5.44. The van der Waals surface area contributed by atoms with E-state index < -0.39 is 0 Å². The summed E-state index contributed by atoms with van der Waals surface area (Å²) in [5.74, 6) is 2.53. The molecule has 0 fully saturated rings. The molecule has 28 heavy (non-hydrogen) atoms. The summed E-state index contributed by atoms with van der Waals surface area (Å²) >= 11 is 0. The molecule has 7 heteroatoms. The first kappa shape index (κ1) is 19.4. The van der Waals surface area contributed by atoms with Gasteiger partial charge in [0.1, 0.15) is 17.3 Å². The molecule has 0 saturated heterocycles. The Bertz CT molecular complexity index is 903. The molecule has 3 aromatic rings. The van der Waals surface area contributed by atoms with Gasteiger partial charge in [-0.3, -0.25) is 0 Å². The lowest BCUT2D eigenvalue weighted by Crippen LogP contribution is -2.10. The highest BCUT2D eigenvalue weighted by Crippen LogP contribution is 2.31. The van der Waals surface area contributed by atoms with Gasteiger partial charge in [-0.25, -0.2) is 4.98 Å². The van der Waals surface area contributed by atoms with Crippen LogP contribution in [0.3, 0.4) is 0 Å². The minimum Gasteiger partial charge on any atom is -0.497 e. The lowest BCUT2D eigenvalue weighted by molar-refractivity contribution is 0.210. The van der Waals surface area contributed by atoms with Crippen LogP contribution in [0.2, 0.25) is 0 Å². The molecule has 2 aromatic carbocycles. The third-order valence-corrected chi connectivity index (χ3v) is 4.06. The molecule has 0 atom stereocenters. The number of anilines is 3. The molecule has 0 spiro atoms. The van der Waals surface area contributed by atoms with E-state index in [1.165, 1.54) is 0 Å². The van der Waals surface area contributed by atoms with Gasteiger partial charge in [0, 0.05) is 31.4 Å². The summed E-state index contributed by atoms with van der Waals surface area (Å²) < 4.78 is 15.9. The molecule has 0 amide bonds. The summed E-state index contributed by atoms with van der Waals surface area (Å²) in [6.45, 7) is 1.22. The topological polar surface area (TPSA) is 77.5 Å².